The molecule has 4 aromatic heterocycles. The van der Waals surface area contributed by atoms with Gasteiger partial charge in [-0.1, -0.05) is 26.7 Å². The molecule has 8 heteroatoms. The average Bonchev–Trinajstić information content (AvgIpc) is 3.81. The molecule has 0 N–H and O–H groups in total. The third-order valence-corrected chi connectivity index (χ3v) is 33.0. The van der Waals surface area contributed by atoms with Crippen LogP contribution in [0.25, 0.3) is 39.7 Å². The Balaban J connectivity index is 1.61. The van der Waals surface area contributed by atoms with E-state index in [0.717, 1.165) is 37.6 Å². The number of hydrogen-bond acceptors (Lipinski definition) is 6. The van der Waals surface area contributed by atoms with E-state index in [2.05, 4.69) is 93.7 Å². The first kappa shape index (κ1) is 39.0. The molecule has 0 radical (unpaired) electrons. The predicted octanol–water partition coefficient (Wildman–Crippen LogP) is 13.9. The van der Waals surface area contributed by atoms with Crippen molar-refractivity contribution in [1.82, 2.24) is 0 Å². The molecule has 0 saturated heterocycles. The van der Waals surface area contributed by atoms with Crippen LogP contribution in [0.4, 0.5) is 0 Å². The Labute approximate surface area is 315 Å². The molecule has 0 saturated carbocycles. The average molecular weight is 937 g/mol. The first-order chi connectivity index (χ1) is 22.8. The van der Waals surface area contributed by atoms with E-state index < -0.39 is 36.8 Å². The van der Waals surface area contributed by atoms with Gasteiger partial charge in [-0.15, -0.1) is 0 Å². The molecule has 0 aliphatic rings. The molecule has 1 aromatic carbocycles. The van der Waals surface area contributed by atoms with E-state index in [0.29, 0.717) is 11.8 Å². The zero-order chi connectivity index (χ0) is 34.6. The molecule has 0 fully saturated rings. The minimum atomic E-state index is -2.13. The van der Waals surface area contributed by atoms with Crippen molar-refractivity contribution in [2.75, 3.05) is 13.2 Å². The molecule has 262 valence electrons. The quantitative estimate of drug-likeness (QED) is 0.0815. The SMILES string of the molecule is CCCCC(CC)COc1cc(-c2cc3s[c]([Sn]([CH3])([CH3])[CH3])cc3s2)c(OCC(CC)CCCC)cc1-c1cc2s[c]([Sn]([CH3])([CH3])[CH3])cc2s1. The fourth-order valence-corrected chi connectivity index (χ4v) is 22.0. The van der Waals surface area contributed by atoms with Crippen LogP contribution in [0.1, 0.15) is 79.1 Å². The summed E-state index contributed by atoms with van der Waals surface area (Å²) < 4.78 is 22.8. The van der Waals surface area contributed by atoms with E-state index >= 15 is 0 Å². The Bertz CT molecular complexity index is 1580. The summed E-state index contributed by atoms with van der Waals surface area (Å²) in [6, 6.07) is 14.6. The third kappa shape index (κ3) is 9.58. The Kier molecular flexibility index (Phi) is 13.8. The maximum atomic E-state index is 6.91. The first-order valence-electron chi connectivity index (χ1n) is 18.4. The molecule has 0 amide bonds. The van der Waals surface area contributed by atoms with E-state index in [1.54, 1.807) is 5.79 Å². The zero-order valence-corrected chi connectivity index (χ0v) is 40.1. The molecule has 0 bridgehead atoms. The summed E-state index contributed by atoms with van der Waals surface area (Å²) in [6.45, 7) is 10.7. The van der Waals surface area contributed by atoms with Crippen molar-refractivity contribution in [3.8, 4) is 32.4 Å². The molecule has 2 nitrogen and oxygen atoms in total. The molecule has 2 atom stereocenters. The summed E-state index contributed by atoms with van der Waals surface area (Å²) in [7, 11) is 0. The van der Waals surface area contributed by atoms with Crippen molar-refractivity contribution in [2.45, 2.75) is 109 Å². The normalized spacial score (nSPS) is 13.9. The second-order valence-corrected chi connectivity index (χ2v) is 50.9. The van der Waals surface area contributed by atoms with Gasteiger partial charge in [-0.25, -0.2) is 0 Å². The van der Waals surface area contributed by atoms with E-state index in [4.69, 9.17) is 9.47 Å². The van der Waals surface area contributed by atoms with Gasteiger partial charge in [-0.2, -0.15) is 0 Å². The molecule has 0 aliphatic carbocycles. The second kappa shape index (κ2) is 17.0. The van der Waals surface area contributed by atoms with Gasteiger partial charge < -0.3 is 0 Å². The zero-order valence-electron chi connectivity index (χ0n) is 31.1. The summed E-state index contributed by atoms with van der Waals surface area (Å²) in [4.78, 5) is 17.7. The summed E-state index contributed by atoms with van der Waals surface area (Å²) in [5, 5.41) is 0. The molecule has 5 rings (SSSR count). The fraction of sp³-hybridized carbons (Fsp3) is 0.550. The number of ether oxygens (including phenoxy) is 2. The summed E-state index contributed by atoms with van der Waals surface area (Å²) >= 11 is 3.67. The van der Waals surface area contributed by atoms with Gasteiger partial charge in [-0.05, 0) is 0 Å². The number of thiophene rings is 4. The van der Waals surface area contributed by atoms with Gasteiger partial charge in [0.25, 0.3) is 0 Å². The van der Waals surface area contributed by atoms with Crippen LogP contribution in [0.15, 0.2) is 36.4 Å². The Hall–Kier alpha value is -0.263. The molecule has 48 heavy (non-hydrogen) atoms. The molecule has 0 aliphatic heterocycles. The number of unbranched alkanes of at least 4 members (excludes halogenated alkanes) is 2. The summed E-state index contributed by atoms with van der Waals surface area (Å²) in [5.41, 5.74) is 2.38. The van der Waals surface area contributed by atoms with Crippen LogP contribution in [0, 0.1) is 11.8 Å². The fourth-order valence-electron chi connectivity index (χ4n) is 6.07. The number of hydrogen-bond donors (Lipinski definition) is 0. The summed E-state index contributed by atoms with van der Waals surface area (Å²) in [5.74, 6) is 3.17. The Morgan fingerprint density at radius 1 is 0.521 bits per heavy atom. The second-order valence-electron chi connectivity index (χ2n) is 15.7. The van der Waals surface area contributed by atoms with Gasteiger partial charge in [-0.3, -0.25) is 0 Å². The summed E-state index contributed by atoms with van der Waals surface area (Å²) in [6.07, 6.45) is 9.75. The van der Waals surface area contributed by atoms with Crippen molar-refractivity contribution < 1.29 is 9.47 Å². The Morgan fingerprint density at radius 2 is 0.896 bits per heavy atom. The van der Waals surface area contributed by atoms with Gasteiger partial charge >= 0.3 is 292 Å². The van der Waals surface area contributed by atoms with Crippen LogP contribution in [0.3, 0.4) is 0 Å². The maximum absolute atomic E-state index is 6.91. The van der Waals surface area contributed by atoms with Gasteiger partial charge in [0.15, 0.2) is 0 Å². The number of rotatable bonds is 18. The van der Waals surface area contributed by atoms with Crippen molar-refractivity contribution >= 4 is 107 Å². The van der Waals surface area contributed by atoms with E-state index in [1.165, 1.54) is 78.2 Å². The van der Waals surface area contributed by atoms with E-state index in [9.17, 15) is 0 Å². The first-order valence-corrected chi connectivity index (χ1v) is 41.6. The van der Waals surface area contributed by atoms with Crippen LogP contribution in [0.5, 0.6) is 11.5 Å². The molecule has 0 spiro atoms. The standard InChI is InChI=1S/C34H40O2S4.6CH3.2Sn/c1-5-9-11-23(7-3)21-35-27-17-26(32-20-34-30(40-32)14-16-38-34)28(36-22-24(8-4)12-10-6-2)18-25(27)31-19-33-29(39-31)13-15-37-33;;;;;;;;/h13-14,17-20,23-24H,5-12,21-22H2,1-4H3;6*1H3;;. The van der Waals surface area contributed by atoms with Crippen LogP contribution < -0.4 is 15.3 Å². The van der Waals surface area contributed by atoms with Crippen molar-refractivity contribution in [2.24, 2.45) is 11.8 Å². The van der Waals surface area contributed by atoms with Crippen molar-refractivity contribution in [3.05, 3.63) is 36.4 Å². The topological polar surface area (TPSA) is 18.5 Å². The molecular formula is C40H58O2S4Sn2. The Morgan fingerprint density at radius 3 is 1.21 bits per heavy atom. The van der Waals surface area contributed by atoms with Crippen molar-refractivity contribution in [3.63, 3.8) is 0 Å². The van der Waals surface area contributed by atoms with Gasteiger partial charge in [0.2, 0.25) is 0 Å². The molecule has 2 unspecified atom stereocenters. The van der Waals surface area contributed by atoms with Crippen molar-refractivity contribution in [1.29, 1.82) is 0 Å². The van der Waals surface area contributed by atoms with Crippen LogP contribution in [-0.4, -0.2) is 50.0 Å². The van der Waals surface area contributed by atoms with Crippen LogP contribution in [-0.2, 0) is 0 Å². The van der Waals surface area contributed by atoms with Crippen LogP contribution in [0.2, 0.25) is 29.6 Å². The van der Waals surface area contributed by atoms with Gasteiger partial charge in [0, 0.05) is 0 Å². The predicted molar refractivity (Wildman–Crippen MR) is 227 cm³/mol. The van der Waals surface area contributed by atoms with E-state index in [-0.39, 0.29) is 0 Å². The van der Waals surface area contributed by atoms with E-state index in [1.807, 2.05) is 45.3 Å². The molecular weight excluding hydrogens is 878 g/mol. The molecule has 4 heterocycles. The third-order valence-electron chi connectivity index (χ3n) is 9.54. The van der Waals surface area contributed by atoms with Gasteiger partial charge in [0.05, 0.1) is 0 Å². The minimum absolute atomic E-state index is 0.573. The number of benzene rings is 1. The molecule has 5 aromatic rings. The van der Waals surface area contributed by atoms with Gasteiger partial charge in [0.1, 0.15) is 0 Å². The number of fused-ring (bicyclic) bond motifs is 2. The van der Waals surface area contributed by atoms with Crippen LogP contribution >= 0.6 is 45.3 Å². The monoisotopic (exact) mass is 938 g/mol.